The van der Waals surface area contributed by atoms with E-state index >= 15 is 0 Å². The first-order valence-corrected chi connectivity index (χ1v) is 6.68. The predicted octanol–water partition coefficient (Wildman–Crippen LogP) is 2.31. The number of rotatable bonds is 2. The number of aromatic amines is 2. The summed E-state index contributed by atoms with van der Waals surface area (Å²) in [6.07, 6.45) is 3.08. The summed E-state index contributed by atoms with van der Waals surface area (Å²) in [5, 5.41) is 2.45. The highest BCUT2D eigenvalue weighted by atomic mass is 79.9. The van der Waals surface area contributed by atoms with Gasteiger partial charge >= 0.3 is 0 Å². The largest absolute Gasteiger partial charge is 0.360 e. The van der Waals surface area contributed by atoms with Gasteiger partial charge in [0.05, 0.1) is 16.5 Å². The summed E-state index contributed by atoms with van der Waals surface area (Å²) < 4.78 is 0.615. The molecule has 3 aromatic heterocycles. The van der Waals surface area contributed by atoms with Crippen molar-refractivity contribution in [3.8, 4) is 0 Å². The van der Waals surface area contributed by atoms with Crippen LogP contribution < -0.4 is 5.56 Å². The summed E-state index contributed by atoms with van der Waals surface area (Å²) in [6, 6.07) is 1.71. The first-order valence-electron chi connectivity index (χ1n) is 5.01. The summed E-state index contributed by atoms with van der Waals surface area (Å²) in [6.45, 7) is 0. The van der Waals surface area contributed by atoms with Crippen LogP contribution in [0, 0.1) is 0 Å². The third-order valence-electron chi connectivity index (χ3n) is 2.52. The molecule has 3 heterocycles. The van der Waals surface area contributed by atoms with Crippen molar-refractivity contribution >= 4 is 44.0 Å². The fraction of sp³-hybridized carbons (Fsp3) is 0. The minimum atomic E-state index is -0.285. The Balaban J connectivity index is 2.21. The van der Waals surface area contributed by atoms with Crippen LogP contribution in [0.25, 0.3) is 10.9 Å². The molecule has 0 aromatic carbocycles. The summed E-state index contributed by atoms with van der Waals surface area (Å²) >= 11 is 4.44. The van der Waals surface area contributed by atoms with Crippen LogP contribution in [0.2, 0.25) is 0 Å². The lowest BCUT2D eigenvalue weighted by molar-refractivity contribution is 0.104. The van der Waals surface area contributed by atoms with Gasteiger partial charge < -0.3 is 9.97 Å². The van der Waals surface area contributed by atoms with E-state index in [-0.39, 0.29) is 11.3 Å². The second-order valence-electron chi connectivity index (χ2n) is 3.60. The Morgan fingerprint density at radius 3 is 2.94 bits per heavy atom. The average Bonchev–Trinajstić information content (AvgIpc) is 2.95. The lowest BCUT2D eigenvalue weighted by Gasteiger charge is -1.94. The molecule has 0 bridgehead atoms. The molecular formula is C11H6BrN3O2S. The lowest BCUT2D eigenvalue weighted by Crippen LogP contribution is -2.08. The van der Waals surface area contributed by atoms with Gasteiger partial charge in [-0.2, -0.15) is 0 Å². The number of nitrogens with one attached hydrogen (secondary N) is 2. The number of hydrogen-bond acceptors (Lipinski definition) is 4. The number of thiazole rings is 1. The van der Waals surface area contributed by atoms with Gasteiger partial charge in [0.2, 0.25) is 5.78 Å². The molecule has 18 heavy (non-hydrogen) atoms. The topological polar surface area (TPSA) is 78.6 Å². The normalized spacial score (nSPS) is 10.9. The molecule has 3 rings (SSSR count). The second-order valence-corrected chi connectivity index (χ2v) is 5.27. The Hall–Kier alpha value is -1.73. The molecule has 0 unspecified atom stereocenters. The minimum absolute atomic E-state index is 0.256. The SMILES string of the molecule is O=C(c1nc(Br)cs1)c1c[nH]c2cc[nH]c(=O)c12. The zero-order valence-electron chi connectivity index (χ0n) is 8.86. The van der Waals surface area contributed by atoms with Crippen LogP contribution in [0.5, 0.6) is 0 Å². The third-order valence-corrected chi connectivity index (χ3v) is 4.07. The fourth-order valence-electron chi connectivity index (χ4n) is 1.74. The van der Waals surface area contributed by atoms with Crippen molar-refractivity contribution in [3.63, 3.8) is 0 Å². The molecule has 0 amide bonds. The highest BCUT2D eigenvalue weighted by Gasteiger charge is 2.18. The zero-order chi connectivity index (χ0) is 12.7. The Morgan fingerprint density at radius 1 is 1.39 bits per heavy atom. The minimum Gasteiger partial charge on any atom is -0.360 e. The van der Waals surface area contributed by atoms with Crippen LogP contribution in [-0.2, 0) is 0 Å². The maximum absolute atomic E-state index is 12.2. The molecule has 0 atom stereocenters. The number of carbonyl (C=O) groups excluding carboxylic acids is 1. The van der Waals surface area contributed by atoms with Crippen molar-refractivity contribution in [1.29, 1.82) is 0 Å². The van der Waals surface area contributed by atoms with Crippen LogP contribution in [0.4, 0.5) is 0 Å². The van der Waals surface area contributed by atoms with E-state index in [0.29, 0.717) is 26.1 Å². The van der Waals surface area contributed by atoms with Gasteiger partial charge in [0.25, 0.3) is 5.56 Å². The lowest BCUT2D eigenvalue weighted by atomic mass is 10.1. The molecule has 0 aliphatic heterocycles. The highest BCUT2D eigenvalue weighted by Crippen LogP contribution is 2.21. The molecule has 2 N–H and O–H groups in total. The molecule has 0 aliphatic rings. The summed E-state index contributed by atoms with van der Waals surface area (Å²) in [5.74, 6) is -0.256. The molecule has 0 fully saturated rings. The molecule has 7 heteroatoms. The van der Waals surface area contributed by atoms with Gasteiger partial charge in [-0.1, -0.05) is 0 Å². The number of aromatic nitrogens is 3. The van der Waals surface area contributed by atoms with E-state index in [1.54, 1.807) is 11.4 Å². The van der Waals surface area contributed by atoms with E-state index in [9.17, 15) is 9.59 Å². The Morgan fingerprint density at radius 2 is 2.22 bits per heavy atom. The quantitative estimate of drug-likeness (QED) is 0.710. The predicted molar refractivity (Wildman–Crippen MR) is 72.2 cm³/mol. The van der Waals surface area contributed by atoms with E-state index in [1.165, 1.54) is 23.7 Å². The van der Waals surface area contributed by atoms with E-state index in [1.807, 2.05) is 0 Å². The van der Waals surface area contributed by atoms with Gasteiger partial charge in [0, 0.05) is 17.8 Å². The van der Waals surface area contributed by atoms with Gasteiger partial charge in [-0.15, -0.1) is 11.3 Å². The van der Waals surface area contributed by atoms with Gasteiger partial charge in [0.1, 0.15) is 4.60 Å². The molecular weight excluding hydrogens is 318 g/mol. The number of nitrogens with zero attached hydrogens (tertiary/aromatic N) is 1. The van der Waals surface area contributed by atoms with Crippen LogP contribution >= 0.6 is 27.3 Å². The maximum Gasteiger partial charge on any atom is 0.258 e. The van der Waals surface area contributed by atoms with Crippen molar-refractivity contribution in [2.75, 3.05) is 0 Å². The first kappa shape index (κ1) is 11.4. The Labute approximate surface area is 113 Å². The zero-order valence-corrected chi connectivity index (χ0v) is 11.3. The highest BCUT2D eigenvalue weighted by molar-refractivity contribution is 9.10. The average molecular weight is 324 g/mol. The number of H-pyrrole nitrogens is 2. The van der Waals surface area contributed by atoms with Crippen LogP contribution in [0.15, 0.2) is 33.2 Å². The first-order chi connectivity index (χ1) is 8.66. The van der Waals surface area contributed by atoms with Crippen LogP contribution in [0.3, 0.4) is 0 Å². The molecule has 5 nitrogen and oxygen atoms in total. The smallest absolute Gasteiger partial charge is 0.258 e. The van der Waals surface area contributed by atoms with Crippen LogP contribution in [-0.4, -0.2) is 20.7 Å². The van der Waals surface area contributed by atoms with Crippen molar-refractivity contribution in [2.45, 2.75) is 0 Å². The Kier molecular flexibility index (Phi) is 2.64. The molecule has 0 radical (unpaired) electrons. The fourth-order valence-corrected chi connectivity index (χ4v) is 2.95. The van der Waals surface area contributed by atoms with Crippen molar-refractivity contribution < 1.29 is 4.79 Å². The van der Waals surface area contributed by atoms with E-state index in [4.69, 9.17) is 0 Å². The molecule has 0 aliphatic carbocycles. The number of fused-ring (bicyclic) bond motifs is 1. The number of halogens is 1. The van der Waals surface area contributed by atoms with Crippen LogP contribution in [0.1, 0.15) is 15.4 Å². The molecule has 90 valence electrons. The van der Waals surface area contributed by atoms with Gasteiger partial charge in [0.15, 0.2) is 5.01 Å². The molecule has 0 spiro atoms. The second kappa shape index (κ2) is 4.18. The molecule has 0 saturated carbocycles. The summed E-state index contributed by atoms with van der Waals surface area (Å²) in [4.78, 5) is 33.5. The van der Waals surface area contributed by atoms with Gasteiger partial charge in [-0.05, 0) is 22.0 Å². The van der Waals surface area contributed by atoms with E-state index in [0.717, 1.165) is 0 Å². The number of pyridine rings is 1. The van der Waals surface area contributed by atoms with Crippen molar-refractivity contribution in [2.24, 2.45) is 0 Å². The summed E-state index contributed by atoms with van der Waals surface area (Å²) in [5.41, 5.74) is 0.694. The van der Waals surface area contributed by atoms with E-state index in [2.05, 4.69) is 30.9 Å². The standard InChI is InChI=1S/C11H6BrN3O2S/c12-7-4-18-11(15-7)9(16)5-3-14-6-1-2-13-10(17)8(5)6/h1-4,14H,(H,13,17). The number of carbonyl (C=O) groups is 1. The number of ketones is 1. The van der Waals surface area contributed by atoms with Gasteiger partial charge in [-0.25, -0.2) is 4.98 Å². The van der Waals surface area contributed by atoms with Crippen molar-refractivity contribution in [3.05, 3.63) is 49.4 Å². The Bertz CT molecular complexity index is 802. The number of hydrogen-bond donors (Lipinski definition) is 2. The van der Waals surface area contributed by atoms with E-state index < -0.39 is 0 Å². The third kappa shape index (κ3) is 1.72. The van der Waals surface area contributed by atoms with Gasteiger partial charge in [-0.3, -0.25) is 9.59 Å². The summed E-state index contributed by atoms with van der Waals surface area (Å²) in [7, 11) is 0. The monoisotopic (exact) mass is 323 g/mol. The molecule has 3 aromatic rings. The maximum atomic E-state index is 12.2. The molecule has 0 saturated heterocycles. The van der Waals surface area contributed by atoms with Crippen molar-refractivity contribution in [1.82, 2.24) is 15.0 Å².